The number of carbonyl (C=O) groups is 2. The summed E-state index contributed by atoms with van der Waals surface area (Å²) in [5.74, 6) is -1.01. The number of amides is 2. The molecule has 100 valence electrons. The number of nitrogens with one attached hydrogen (secondary N) is 2. The van der Waals surface area contributed by atoms with E-state index in [4.69, 9.17) is 5.11 Å². The molecule has 19 heavy (non-hydrogen) atoms. The van der Waals surface area contributed by atoms with Crippen molar-refractivity contribution in [3.05, 3.63) is 21.8 Å². The SMILES string of the molecule is Cc1nc(CNC(=O)Nc2cnns2)sc1C(=O)O. The van der Waals surface area contributed by atoms with Crippen LogP contribution in [-0.2, 0) is 6.54 Å². The van der Waals surface area contributed by atoms with Gasteiger partial charge in [0.15, 0.2) is 0 Å². The van der Waals surface area contributed by atoms with Crippen molar-refractivity contribution < 1.29 is 14.7 Å². The maximum Gasteiger partial charge on any atom is 0.347 e. The molecule has 0 fully saturated rings. The normalized spacial score (nSPS) is 10.2. The van der Waals surface area contributed by atoms with Gasteiger partial charge in [0.2, 0.25) is 0 Å². The first-order chi connectivity index (χ1) is 9.06. The number of aromatic nitrogens is 3. The highest BCUT2D eigenvalue weighted by Gasteiger charge is 2.14. The van der Waals surface area contributed by atoms with Gasteiger partial charge in [-0.3, -0.25) is 5.32 Å². The van der Waals surface area contributed by atoms with E-state index in [1.54, 1.807) is 6.92 Å². The number of aryl methyl sites for hydroxylation is 1. The lowest BCUT2D eigenvalue weighted by atomic mass is 10.4. The number of nitrogens with zero attached hydrogens (tertiary/aromatic N) is 3. The van der Waals surface area contributed by atoms with Crippen LogP contribution in [0.1, 0.15) is 20.4 Å². The smallest absolute Gasteiger partial charge is 0.347 e. The van der Waals surface area contributed by atoms with Gasteiger partial charge < -0.3 is 10.4 Å². The summed E-state index contributed by atoms with van der Waals surface area (Å²) in [6, 6.07) is -0.421. The van der Waals surface area contributed by atoms with Crippen LogP contribution >= 0.6 is 22.9 Å². The molecule has 0 radical (unpaired) electrons. The molecule has 0 aliphatic heterocycles. The molecule has 2 amide bonds. The number of carboxylic acids is 1. The van der Waals surface area contributed by atoms with E-state index in [0.717, 1.165) is 22.9 Å². The average Bonchev–Trinajstić information content (AvgIpc) is 2.96. The van der Waals surface area contributed by atoms with Crippen molar-refractivity contribution in [3.8, 4) is 0 Å². The van der Waals surface area contributed by atoms with Crippen LogP contribution in [0.3, 0.4) is 0 Å². The molecule has 0 aliphatic rings. The fraction of sp³-hybridized carbons (Fsp3) is 0.222. The van der Waals surface area contributed by atoms with E-state index < -0.39 is 12.0 Å². The number of carboxylic acid groups (broad SMARTS) is 1. The van der Waals surface area contributed by atoms with Gasteiger partial charge in [0, 0.05) is 11.5 Å². The van der Waals surface area contributed by atoms with Gasteiger partial charge in [-0.15, -0.1) is 16.4 Å². The first-order valence-electron chi connectivity index (χ1n) is 5.08. The zero-order valence-electron chi connectivity index (χ0n) is 9.71. The summed E-state index contributed by atoms with van der Waals surface area (Å²) < 4.78 is 3.60. The molecular formula is C9H9N5O3S2. The summed E-state index contributed by atoms with van der Waals surface area (Å²) in [6.45, 7) is 1.78. The van der Waals surface area contributed by atoms with Crippen LogP contribution in [-0.4, -0.2) is 31.7 Å². The standard InChI is InChI=1S/C9H9N5O3S2/c1-4-7(8(15)16)18-5(12-4)2-10-9(17)13-6-3-11-14-19-6/h3H,2H2,1H3,(H,15,16)(H2,10,13,17). The lowest BCUT2D eigenvalue weighted by Crippen LogP contribution is -2.27. The molecule has 2 rings (SSSR count). The molecule has 0 aromatic carbocycles. The molecule has 0 atom stereocenters. The Bertz CT molecular complexity index is 595. The fourth-order valence-electron chi connectivity index (χ4n) is 1.26. The topological polar surface area (TPSA) is 117 Å². The van der Waals surface area contributed by atoms with Crippen LogP contribution in [0.25, 0.3) is 0 Å². The predicted molar refractivity (Wildman–Crippen MR) is 69.6 cm³/mol. The number of aromatic carboxylic acids is 1. The first-order valence-corrected chi connectivity index (χ1v) is 6.67. The van der Waals surface area contributed by atoms with Gasteiger partial charge in [0.1, 0.15) is 14.9 Å². The Balaban J connectivity index is 1.90. The van der Waals surface area contributed by atoms with Crippen molar-refractivity contribution in [2.24, 2.45) is 0 Å². The Kier molecular flexibility index (Phi) is 4.02. The minimum absolute atomic E-state index is 0.164. The average molecular weight is 299 g/mol. The zero-order valence-corrected chi connectivity index (χ0v) is 11.3. The summed E-state index contributed by atoms with van der Waals surface area (Å²) >= 11 is 2.10. The Morgan fingerprint density at radius 3 is 2.84 bits per heavy atom. The molecule has 0 saturated heterocycles. The summed E-state index contributed by atoms with van der Waals surface area (Å²) in [7, 11) is 0. The van der Waals surface area contributed by atoms with Gasteiger partial charge >= 0.3 is 12.0 Å². The van der Waals surface area contributed by atoms with Gasteiger partial charge in [0.05, 0.1) is 18.4 Å². The number of rotatable bonds is 4. The maximum absolute atomic E-state index is 11.5. The van der Waals surface area contributed by atoms with E-state index in [9.17, 15) is 9.59 Å². The highest BCUT2D eigenvalue weighted by Crippen LogP contribution is 2.17. The van der Waals surface area contributed by atoms with Crippen molar-refractivity contribution in [1.82, 2.24) is 19.9 Å². The lowest BCUT2D eigenvalue weighted by molar-refractivity contribution is 0.0701. The molecule has 0 spiro atoms. The second-order valence-electron chi connectivity index (χ2n) is 3.42. The van der Waals surface area contributed by atoms with Gasteiger partial charge in [-0.1, -0.05) is 4.49 Å². The molecule has 0 unspecified atom stereocenters. The minimum atomic E-state index is -1.01. The number of thiazole rings is 1. The largest absolute Gasteiger partial charge is 0.477 e. The van der Waals surface area contributed by atoms with Crippen molar-refractivity contribution in [3.63, 3.8) is 0 Å². The summed E-state index contributed by atoms with van der Waals surface area (Å²) in [5.41, 5.74) is 0.446. The van der Waals surface area contributed by atoms with Crippen molar-refractivity contribution in [1.29, 1.82) is 0 Å². The molecule has 8 nitrogen and oxygen atoms in total. The summed E-state index contributed by atoms with van der Waals surface area (Å²) in [4.78, 5) is 26.6. The Morgan fingerprint density at radius 2 is 2.26 bits per heavy atom. The second kappa shape index (κ2) is 5.71. The molecule has 10 heteroatoms. The summed E-state index contributed by atoms with van der Waals surface area (Å²) in [6.07, 6.45) is 1.43. The van der Waals surface area contributed by atoms with Gasteiger partial charge in [0.25, 0.3) is 0 Å². The summed E-state index contributed by atoms with van der Waals surface area (Å²) in [5, 5.41) is 18.6. The van der Waals surface area contributed by atoms with Crippen LogP contribution in [0.4, 0.5) is 9.80 Å². The third-order valence-electron chi connectivity index (χ3n) is 2.03. The first kappa shape index (κ1) is 13.4. The third-order valence-corrected chi connectivity index (χ3v) is 3.76. The van der Waals surface area contributed by atoms with Crippen molar-refractivity contribution in [2.45, 2.75) is 13.5 Å². The Labute approximate surface area is 115 Å². The molecule has 2 aromatic rings. The van der Waals surface area contributed by atoms with E-state index in [-0.39, 0.29) is 11.4 Å². The quantitative estimate of drug-likeness (QED) is 0.784. The van der Waals surface area contributed by atoms with Gasteiger partial charge in [-0.25, -0.2) is 14.6 Å². The number of hydrogen-bond acceptors (Lipinski definition) is 7. The predicted octanol–water partition coefficient (Wildman–Crippen LogP) is 1.32. The molecule has 2 heterocycles. The zero-order chi connectivity index (χ0) is 13.8. The van der Waals surface area contributed by atoms with Gasteiger partial charge in [-0.05, 0) is 6.92 Å². The molecule has 0 saturated carbocycles. The van der Waals surface area contributed by atoms with Crippen LogP contribution < -0.4 is 10.6 Å². The molecule has 0 aliphatic carbocycles. The minimum Gasteiger partial charge on any atom is -0.477 e. The number of anilines is 1. The van der Waals surface area contributed by atoms with Gasteiger partial charge in [-0.2, -0.15) is 0 Å². The molecular weight excluding hydrogens is 290 g/mol. The van der Waals surface area contributed by atoms with Crippen molar-refractivity contribution >= 4 is 39.9 Å². The maximum atomic E-state index is 11.5. The lowest BCUT2D eigenvalue weighted by Gasteiger charge is -2.02. The highest BCUT2D eigenvalue weighted by atomic mass is 32.1. The molecule has 2 aromatic heterocycles. The van der Waals surface area contributed by atoms with E-state index >= 15 is 0 Å². The fourth-order valence-corrected chi connectivity index (χ4v) is 2.52. The Hall–Kier alpha value is -2.07. The number of carbonyl (C=O) groups excluding carboxylic acids is 1. The Morgan fingerprint density at radius 1 is 1.47 bits per heavy atom. The van der Waals surface area contributed by atoms with E-state index in [1.807, 2.05) is 0 Å². The third kappa shape index (κ3) is 3.45. The number of urea groups is 1. The molecule has 0 bridgehead atoms. The molecule has 3 N–H and O–H groups in total. The van der Waals surface area contributed by atoms with Crippen LogP contribution in [0.2, 0.25) is 0 Å². The van der Waals surface area contributed by atoms with Crippen LogP contribution in [0.5, 0.6) is 0 Å². The van der Waals surface area contributed by atoms with Crippen LogP contribution in [0, 0.1) is 6.92 Å². The second-order valence-corrected chi connectivity index (χ2v) is 5.29. The van der Waals surface area contributed by atoms with Crippen molar-refractivity contribution in [2.75, 3.05) is 5.32 Å². The van der Waals surface area contributed by atoms with E-state index in [1.165, 1.54) is 6.20 Å². The highest BCUT2D eigenvalue weighted by molar-refractivity contribution is 7.13. The monoisotopic (exact) mass is 299 g/mol. The van der Waals surface area contributed by atoms with E-state index in [0.29, 0.717) is 15.7 Å². The van der Waals surface area contributed by atoms with Crippen LogP contribution in [0.15, 0.2) is 6.20 Å². The number of hydrogen-bond donors (Lipinski definition) is 3. The van der Waals surface area contributed by atoms with E-state index in [2.05, 4.69) is 25.2 Å².